The van der Waals surface area contributed by atoms with Gasteiger partial charge in [-0.3, -0.25) is 4.79 Å². The molecule has 3 aromatic rings. The molecule has 3 rings (SSSR count). The minimum atomic E-state index is -0.0590. The maximum absolute atomic E-state index is 12.3. The lowest BCUT2D eigenvalue weighted by Crippen LogP contribution is -2.21. The van der Waals surface area contributed by atoms with Crippen molar-refractivity contribution in [3.63, 3.8) is 0 Å². The zero-order valence-corrected chi connectivity index (χ0v) is 12.0. The van der Waals surface area contributed by atoms with Crippen LogP contribution in [0.15, 0.2) is 40.9 Å². The van der Waals surface area contributed by atoms with Crippen LogP contribution in [0.3, 0.4) is 0 Å². The van der Waals surface area contributed by atoms with E-state index in [0.717, 1.165) is 10.4 Å². The molecule has 0 unspecified atom stereocenters. The fraction of sp³-hybridized carbons (Fsp3) is 0.200. The Morgan fingerprint density at radius 2 is 2.29 bits per heavy atom. The molecule has 0 atom stereocenters. The zero-order chi connectivity index (χ0) is 14.7. The van der Waals surface area contributed by atoms with E-state index in [4.69, 9.17) is 5.11 Å². The summed E-state index contributed by atoms with van der Waals surface area (Å²) in [5.41, 5.74) is 1.43. The molecule has 1 N–H and O–H groups in total. The van der Waals surface area contributed by atoms with Crippen LogP contribution in [-0.2, 0) is 6.54 Å². The Hall–Kier alpha value is -2.36. The van der Waals surface area contributed by atoms with Crippen molar-refractivity contribution in [3.8, 4) is 11.8 Å². The van der Waals surface area contributed by atoms with Crippen LogP contribution in [0, 0.1) is 11.8 Å². The summed E-state index contributed by atoms with van der Waals surface area (Å²) in [4.78, 5) is 13.3. The fourth-order valence-corrected chi connectivity index (χ4v) is 2.82. The van der Waals surface area contributed by atoms with Gasteiger partial charge in [-0.1, -0.05) is 11.8 Å². The Kier molecular flexibility index (Phi) is 3.86. The van der Waals surface area contributed by atoms with Crippen LogP contribution in [-0.4, -0.2) is 25.9 Å². The molecule has 21 heavy (non-hydrogen) atoms. The predicted molar refractivity (Wildman–Crippen MR) is 81.5 cm³/mol. The number of nitrogens with zero attached hydrogens (tertiary/aromatic N) is 3. The summed E-state index contributed by atoms with van der Waals surface area (Å²) in [6.45, 7) is 0.595. The molecule has 3 heterocycles. The van der Waals surface area contributed by atoms with Gasteiger partial charge in [0.2, 0.25) is 0 Å². The number of aromatic nitrogens is 3. The van der Waals surface area contributed by atoms with Crippen molar-refractivity contribution >= 4 is 16.9 Å². The molecule has 6 heteroatoms. The van der Waals surface area contributed by atoms with Crippen LogP contribution >= 0.6 is 11.3 Å². The van der Waals surface area contributed by atoms with Crippen LogP contribution in [0.1, 0.15) is 16.9 Å². The van der Waals surface area contributed by atoms with E-state index in [1.807, 2.05) is 11.4 Å². The molecule has 5 nitrogen and oxygen atoms in total. The lowest BCUT2D eigenvalue weighted by molar-refractivity contribution is 0.305. The van der Waals surface area contributed by atoms with Gasteiger partial charge in [-0.2, -0.15) is 5.10 Å². The van der Waals surface area contributed by atoms with E-state index >= 15 is 0 Å². The second kappa shape index (κ2) is 5.95. The van der Waals surface area contributed by atoms with Crippen molar-refractivity contribution < 1.29 is 5.11 Å². The third kappa shape index (κ3) is 2.89. The molecule has 0 fully saturated rings. The lowest BCUT2D eigenvalue weighted by atomic mass is 10.3. The number of fused-ring (bicyclic) bond motifs is 1. The van der Waals surface area contributed by atoms with Gasteiger partial charge in [0.15, 0.2) is 0 Å². The van der Waals surface area contributed by atoms with Gasteiger partial charge in [0.1, 0.15) is 5.52 Å². The molecule has 0 bridgehead atoms. The Bertz CT molecular complexity index is 879. The topological polar surface area (TPSA) is 59.5 Å². The third-order valence-electron chi connectivity index (χ3n) is 2.99. The highest BCUT2D eigenvalue weighted by molar-refractivity contribution is 7.10. The molecule has 0 radical (unpaired) electrons. The summed E-state index contributed by atoms with van der Waals surface area (Å²) in [7, 11) is 0. The Labute approximate surface area is 125 Å². The third-order valence-corrected chi connectivity index (χ3v) is 3.91. The van der Waals surface area contributed by atoms with Crippen LogP contribution < -0.4 is 5.56 Å². The first-order chi connectivity index (χ1) is 10.3. The summed E-state index contributed by atoms with van der Waals surface area (Å²) in [6.07, 6.45) is 5.59. The van der Waals surface area contributed by atoms with Gasteiger partial charge in [0.05, 0.1) is 19.3 Å². The number of aliphatic hydroxyl groups is 1. The molecule has 3 aromatic heterocycles. The quantitative estimate of drug-likeness (QED) is 0.743. The van der Waals surface area contributed by atoms with E-state index in [1.54, 1.807) is 45.1 Å². The number of aliphatic hydroxyl groups excluding tert-OH is 1. The van der Waals surface area contributed by atoms with Crippen LogP contribution in [0.25, 0.3) is 5.52 Å². The van der Waals surface area contributed by atoms with E-state index in [9.17, 15) is 4.79 Å². The predicted octanol–water partition coefficient (Wildman–Crippen LogP) is 1.34. The summed E-state index contributed by atoms with van der Waals surface area (Å²) in [5.74, 6) is 5.88. The fourth-order valence-electron chi connectivity index (χ4n) is 2.00. The molecular formula is C15H13N3O2S. The maximum Gasteiger partial charge on any atom is 0.276 e. The smallest absolute Gasteiger partial charge is 0.276 e. The molecule has 0 saturated heterocycles. The summed E-state index contributed by atoms with van der Waals surface area (Å²) in [6, 6.07) is 3.68. The van der Waals surface area contributed by atoms with Crippen molar-refractivity contribution in [2.45, 2.75) is 13.0 Å². The zero-order valence-electron chi connectivity index (χ0n) is 11.2. The Balaban J connectivity index is 1.84. The van der Waals surface area contributed by atoms with Gasteiger partial charge in [-0.05, 0) is 12.1 Å². The van der Waals surface area contributed by atoms with E-state index in [1.165, 1.54) is 0 Å². The normalized spacial score (nSPS) is 10.5. The maximum atomic E-state index is 12.3. The van der Waals surface area contributed by atoms with Crippen molar-refractivity contribution in [3.05, 3.63) is 56.9 Å². The molecule has 0 saturated carbocycles. The first-order valence-electron chi connectivity index (χ1n) is 6.48. The van der Waals surface area contributed by atoms with Crippen molar-refractivity contribution in [1.82, 2.24) is 14.2 Å². The summed E-state index contributed by atoms with van der Waals surface area (Å²) in [5, 5.41) is 14.7. The number of rotatable bonds is 3. The van der Waals surface area contributed by atoms with E-state index in [2.05, 4.69) is 16.9 Å². The Morgan fingerprint density at radius 1 is 1.38 bits per heavy atom. The standard InChI is InChI=1S/C15H13N3O2S/c19-8-2-1-3-12-9-13(21-11-12)10-17-6-7-18-14(15(17)20)4-5-16-18/h4-7,9,11,19H,2,8,10H2. The first kappa shape index (κ1) is 13.6. The van der Waals surface area contributed by atoms with Gasteiger partial charge < -0.3 is 9.67 Å². The van der Waals surface area contributed by atoms with Crippen molar-refractivity contribution in [2.75, 3.05) is 6.61 Å². The average molecular weight is 299 g/mol. The molecular weight excluding hydrogens is 286 g/mol. The molecule has 0 aliphatic heterocycles. The monoisotopic (exact) mass is 299 g/mol. The molecule has 0 aliphatic rings. The first-order valence-corrected chi connectivity index (χ1v) is 7.36. The summed E-state index contributed by atoms with van der Waals surface area (Å²) < 4.78 is 3.23. The van der Waals surface area contributed by atoms with Crippen LogP contribution in [0.4, 0.5) is 0 Å². The summed E-state index contributed by atoms with van der Waals surface area (Å²) >= 11 is 1.57. The largest absolute Gasteiger partial charge is 0.395 e. The SMILES string of the molecule is O=c1c2ccnn2ccn1Cc1cc(C#CCCO)cs1. The van der Waals surface area contributed by atoms with Gasteiger partial charge >= 0.3 is 0 Å². The van der Waals surface area contributed by atoms with Crippen LogP contribution in [0.2, 0.25) is 0 Å². The number of thiophene rings is 1. The highest BCUT2D eigenvalue weighted by Crippen LogP contribution is 2.14. The van der Waals surface area contributed by atoms with E-state index in [0.29, 0.717) is 18.5 Å². The molecule has 0 aromatic carbocycles. The Morgan fingerprint density at radius 3 is 3.14 bits per heavy atom. The highest BCUT2D eigenvalue weighted by atomic mass is 32.1. The van der Waals surface area contributed by atoms with Crippen molar-refractivity contribution in [1.29, 1.82) is 0 Å². The van der Waals surface area contributed by atoms with Gasteiger partial charge in [0, 0.05) is 34.6 Å². The van der Waals surface area contributed by atoms with Gasteiger partial charge in [0.25, 0.3) is 5.56 Å². The molecule has 0 spiro atoms. The van der Waals surface area contributed by atoms with Gasteiger partial charge in [-0.15, -0.1) is 11.3 Å². The second-order valence-electron chi connectivity index (χ2n) is 4.47. The highest BCUT2D eigenvalue weighted by Gasteiger charge is 2.05. The van der Waals surface area contributed by atoms with Gasteiger partial charge in [-0.25, -0.2) is 4.52 Å². The number of hydrogen-bond donors (Lipinski definition) is 1. The molecule has 0 amide bonds. The van der Waals surface area contributed by atoms with E-state index < -0.39 is 0 Å². The minimum absolute atomic E-state index is 0.0590. The number of hydrogen-bond acceptors (Lipinski definition) is 4. The van der Waals surface area contributed by atoms with E-state index in [-0.39, 0.29) is 12.2 Å². The minimum Gasteiger partial charge on any atom is -0.395 e. The molecule has 106 valence electrons. The van der Waals surface area contributed by atoms with Crippen molar-refractivity contribution in [2.24, 2.45) is 0 Å². The van der Waals surface area contributed by atoms with Crippen LogP contribution in [0.5, 0.6) is 0 Å². The second-order valence-corrected chi connectivity index (χ2v) is 5.47. The molecule has 0 aliphatic carbocycles. The average Bonchev–Trinajstić information content (AvgIpc) is 3.12. The lowest BCUT2D eigenvalue weighted by Gasteiger charge is -2.03.